The molecule has 0 amide bonds. The first-order chi connectivity index (χ1) is 15.0. The summed E-state index contributed by atoms with van der Waals surface area (Å²) in [6.07, 6.45) is 8.54. The van der Waals surface area contributed by atoms with E-state index < -0.39 is 0 Å². The van der Waals surface area contributed by atoms with Crippen LogP contribution in [0.2, 0.25) is 5.02 Å². The second kappa shape index (κ2) is 8.81. The molecule has 31 heavy (non-hydrogen) atoms. The van der Waals surface area contributed by atoms with Crippen LogP contribution in [0.3, 0.4) is 0 Å². The minimum absolute atomic E-state index is 0.515. The van der Waals surface area contributed by atoms with Crippen LogP contribution < -0.4 is 19.4 Å². The van der Waals surface area contributed by atoms with Crippen molar-refractivity contribution < 1.29 is 14.0 Å². The predicted octanol–water partition coefficient (Wildman–Crippen LogP) is 4.09. The van der Waals surface area contributed by atoms with Gasteiger partial charge in [-0.2, -0.15) is 0 Å². The van der Waals surface area contributed by atoms with Gasteiger partial charge in [-0.1, -0.05) is 18.5 Å². The number of nitrogens with zero attached hydrogens (tertiary/aromatic N) is 4. The smallest absolute Gasteiger partial charge is 0.192 e. The van der Waals surface area contributed by atoms with Crippen molar-refractivity contribution in [3.63, 3.8) is 0 Å². The molecule has 4 rings (SSSR count). The largest absolute Gasteiger partial charge is 0.497 e. The Labute approximate surface area is 186 Å². The van der Waals surface area contributed by atoms with Gasteiger partial charge in [0.25, 0.3) is 0 Å². The number of methoxy groups -OCH3 is 2. The van der Waals surface area contributed by atoms with Gasteiger partial charge in [-0.25, -0.2) is 14.5 Å². The van der Waals surface area contributed by atoms with Gasteiger partial charge < -0.3 is 14.8 Å². The highest BCUT2D eigenvalue weighted by molar-refractivity contribution is 6.36. The van der Waals surface area contributed by atoms with E-state index in [2.05, 4.69) is 34.5 Å². The molecule has 0 aliphatic rings. The first kappa shape index (κ1) is 20.9. The van der Waals surface area contributed by atoms with Crippen LogP contribution in [0.15, 0.2) is 49.2 Å². The van der Waals surface area contributed by atoms with Crippen LogP contribution in [0, 0.1) is 0 Å². The Morgan fingerprint density at radius 2 is 1.97 bits per heavy atom. The van der Waals surface area contributed by atoms with Crippen LogP contribution in [0.5, 0.6) is 11.5 Å². The number of nitrogens with one attached hydrogen (secondary N) is 1. The molecule has 0 saturated carbocycles. The second-order valence-electron chi connectivity index (χ2n) is 7.22. The number of rotatable bonds is 7. The maximum absolute atomic E-state index is 6.64. The molecule has 0 radical (unpaired) electrons. The molecule has 0 bridgehead atoms. The molecule has 3 aromatic heterocycles. The van der Waals surface area contributed by atoms with Crippen molar-refractivity contribution >= 4 is 28.5 Å². The Morgan fingerprint density at radius 1 is 1.13 bits per heavy atom. The number of halogens is 1. The van der Waals surface area contributed by atoms with Crippen molar-refractivity contribution in [3.05, 3.63) is 65.3 Å². The zero-order valence-corrected chi connectivity index (χ0v) is 18.8. The topological polar surface area (TPSA) is 65.1 Å². The SMILES string of the molecule is CCc1cc(-n2cc(Cl)c3c(NCc4ccc(OC)cc4OC)ncnc32)c[n+](C)c1. The lowest BCUT2D eigenvalue weighted by Crippen LogP contribution is -2.28. The van der Waals surface area contributed by atoms with Gasteiger partial charge in [-0.15, -0.1) is 0 Å². The van der Waals surface area contributed by atoms with E-state index in [4.69, 9.17) is 21.1 Å². The first-order valence-corrected chi connectivity index (χ1v) is 10.4. The maximum Gasteiger partial charge on any atom is 0.192 e. The van der Waals surface area contributed by atoms with Crippen molar-refractivity contribution in [1.29, 1.82) is 0 Å². The zero-order valence-electron chi connectivity index (χ0n) is 18.0. The van der Waals surface area contributed by atoms with Gasteiger partial charge in [0.2, 0.25) is 0 Å². The number of ether oxygens (including phenoxy) is 2. The highest BCUT2D eigenvalue weighted by Gasteiger charge is 2.17. The Bertz CT molecular complexity index is 1240. The monoisotopic (exact) mass is 438 g/mol. The summed E-state index contributed by atoms with van der Waals surface area (Å²) >= 11 is 6.64. The molecule has 0 unspecified atom stereocenters. The predicted molar refractivity (Wildman–Crippen MR) is 121 cm³/mol. The van der Waals surface area contributed by atoms with E-state index in [1.165, 1.54) is 5.56 Å². The van der Waals surface area contributed by atoms with Crippen LogP contribution in [-0.2, 0) is 20.0 Å². The number of aromatic nitrogens is 4. The fourth-order valence-corrected chi connectivity index (χ4v) is 3.89. The molecule has 0 saturated heterocycles. The van der Waals surface area contributed by atoms with E-state index in [9.17, 15) is 0 Å². The molecule has 3 heterocycles. The van der Waals surface area contributed by atoms with Crippen molar-refractivity contribution in [2.75, 3.05) is 19.5 Å². The number of benzene rings is 1. The lowest BCUT2D eigenvalue weighted by atomic mass is 10.2. The summed E-state index contributed by atoms with van der Waals surface area (Å²) in [6.45, 7) is 2.65. The van der Waals surface area contributed by atoms with E-state index in [0.717, 1.165) is 40.2 Å². The fourth-order valence-electron chi connectivity index (χ4n) is 3.62. The Balaban J connectivity index is 1.71. The number of hydrogen-bond donors (Lipinski definition) is 1. The first-order valence-electron chi connectivity index (χ1n) is 10.00. The third-order valence-electron chi connectivity index (χ3n) is 5.20. The van der Waals surface area contributed by atoms with Gasteiger partial charge in [-0.05, 0) is 24.6 Å². The van der Waals surface area contributed by atoms with Gasteiger partial charge in [-0.3, -0.25) is 4.57 Å². The fraction of sp³-hybridized carbons (Fsp3) is 0.261. The van der Waals surface area contributed by atoms with Crippen LogP contribution in [0.4, 0.5) is 5.82 Å². The van der Waals surface area contributed by atoms with Crippen LogP contribution in [0.25, 0.3) is 16.7 Å². The minimum Gasteiger partial charge on any atom is -0.497 e. The molecular formula is C23H25ClN5O2+. The molecule has 0 spiro atoms. The molecule has 1 aromatic carbocycles. The van der Waals surface area contributed by atoms with Gasteiger partial charge in [0, 0.05) is 29.9 Å². The minimum atomic E-state index is 0.515. The lowest BCUT2D eigenvalue weighted by molar-refractivity contribution is -0.671. The molecule has 160 valence electrons. The number of anilines is 1. The van der Waals surface area contributed by atoms with E-state index >= 15 is 0 Å². The molecule has 0 atom stereocenters. The Hall–Kier alpha value is -3.32. The normalized spacial score (nSPS) is 11.0. The van der Waals surface area contributed by atoms with Crippen molar-refractivity contribution in [2.45, 2.75) is 19.9 Å². The molecule has 0 aliphatic carbocycles. The Kier molecular flexibility index (Phi) is 5.95. The average Bonchev–Trinajstić information content (AvgIpc) is 3.14. The maximum atomic E-state index is 6.64. The van der Waals surface area contributed by atoms with Gasteiger partial charge >= 0.3 is 0 Å². The van der Waals surface area contributed by atoms with Crippen molar-refractivity contribution in [2.24, 2.45) is 7.05 Å². The number of fused-ring (bicyclic) bond motifs is 1. The summed E-state index contributed by atoms with van der Waals surface area (Å²) in [5.74, 6) is 2.15. The number of pyridine rings is 1. The number of aryl methyl sites for hydroxylation is 2. The summed E-state index contributed by atoms with van der Waals surface area (Å²) in [6, 6.07) is 7.87. The van der Waals surface area contributed by atoms with Gasteiger partial charge in [0.1, 0.15) is 36.4 Å². The van der Waals surface area contributed by atoms with Gasteiger partial charge in [0.05, 0.1) is 24.6 Å². The van der Waals surface area contributed by atoms with E-state index in [0.29, 0.717) is 17.4 Å². The summed E-state index contributed by atoms with van der Waals surface area (Å²) < 4.78 is 14.8. The standard InChI is InChI=1S/C23H25ClN5O2/c1-5-15-8-17(12-28(2)11-15)29-13-19(24)21-22(26-14-27-23(21)29)25-10-16-6-7-18(30-3)9-20(16)31-4/h6-9,11-14H,5,10H2,1-4H3,(H,25,26,27)/q+1. The average molecular weight is 439 g/mol. The molecule has 8 heteroatoms. The Morgan fingerprint density at radius 3 is 2.71 bits per heavy atom. The van der Waals surface area contributed by atoms with Crippen LogP contribution in [-0.4, -0.2) is 28.8 Å². The quantitative estimate of drug-likeness (QED) is 0.440. The van der Waals surface area contributed by atoms with E-state index in [1.807, 2.05) is 46.8 Å². The van der Waals surface area contributed by atoms with Crippen LogP contribution >= 0.6 is 11.6 Å². The highest BCUT2D eigenvalue weighted by atomic mass is 35.5. The zero-order chi connectivity index (χ0) is 22.0. The van der Waals surface area contributed by atoms with Crippen molar-refractivity contribution in [1.82, 2.24) is 14.5 Å². The summed E-state index contributed by atoms with van der Waals surface area (Å²) in [7, 11) is 5.29. The summed E-state index contributed by atoms with van der Waals surface area (Å²) in [5, 5.41) is 4.75. The van der Waals surface area contributed by atoms with Gasteiger partial charge in [0.15, 0.2) is 18.0 Å². The third kappa shape index (κ3) is 4.14. The molecule has 0 aliphatic heterocycles. The highest BCUT2D eigenvalue weighted by Crippen LogP contribution is 2.32. The van der Waals surface area contributed by atoms with Crippen molar-refractivity contribution in [3.8, 4) is 17.2 Å². The van der Waals surface area contributed by atoms with E-state index in [-0.39, 0.29) is 0 Å². The third-order valence-corrected chi connectivity index (χ3v) is 5.49. The molecule has 4 aromatic rings. The van der Waals surface area contributed by atoms with Crippen LogP contribution in [0.1, 0.15) is 18.1 Å². The summed E-state index contributed by atoms with van der Waals surface area (Å²) in [5.41, 5.74) is 3.96. The summed E-state index contributed by atoms with van der Waals surface area (Å²) in [4.78, 5) is 8.95. The molecule has 1 N–H and O–H groups in total. The number of hydrogen-bond acceptors (Lipinski definition) is 5. The second-order valence-corrected chi connectivity index (χ2v) is 7.63. The lowest BCUT2D eigenvalue weighted by Gasteiger charge is -2.12. The molecule has 7 nitrogen and oxygen atoms in total. The molecular weight excluding hydrogens is 414 g/mol. The molecule has 0 fully saturated rings. The van der Waals surface area contributed by atoms with E-state index in [1.54, 1.807) is 20.5 Å².